The number of hydrogen-bond donors (Lipinski definition) is 2. The third-order valence-electron chi connectivity index (χ3n) is 4.73. The predicted octanol–water partition coefficient (Wildman–Crippen LogP) is 3.69. The molecule has 0 saturated heterocycles. The second-order valence-corrected chi connectivity index (χ2v) is 7.99. The lowest BCUT2D eigenvalue weighted by atomic mass is 10.0. The Bertz CT molecular complexity index is 1030. The van der Waals surface area contributed by atoms with Gasteiger partial charge in [-0.3, -0.25) is 14.6 Å². The van der Waals surface area contributed by atoms with E-state index in [2.05, 4.69) is 20.6 Å². The zero-order valence-electron chi connectivity index (χ0n) is 16.1. The van der Waals surface area contributed by atoms with Gasteiger partial charge in [-0.25, -0.2) is 4.98 Å². The highest BCUT2D eigenvalue weighted by Crippen LogP contribution is 2.28. The monoisotopic (exact) mass is 407 g/mol. The van der Waals surface area contributed by atoms with Gasteiger partial charge in [-0.05, 0) is 30.2 Å². The molecule has 1 aromatic carbocycles. The minimum absolute atomic E-state index is 0.0484. The van der Waals surface area contributed by atoms with Gasteiger partial charge in [0.05, 0.1) is 11.3 Å². The van der Waals surface area contributed by atoms with Crippen molar-refractivity contribution in [3.05, 3.63) is 59.7 Å². The van der Waals surface area contributed by atoms with Crippen molar-refractivity contribution in [3.63, 3.8) is 0 Å². The maximum absolute atomic E-state index is 13.0. The molecule has 29 heavy (non-hydrogen) atoms. The summed E-state index contributed by atoms with van der Waals surface area (Å²) < 4.78 is 0. The first-order valence-electron chi connectivity index (χ1n) is 9.35. The van der Waals surface area contributed by atoms with Crippen molar-refractivity contribution in [2.75, 3.05) is 17.2 Å². The van der Waals surface area contributed by atoms with Crippen LogP contribution in [-0.2, 0) is 4.79 Å². The third-order valence-corrected chi connectivity index (χ3v) is 5.49. The van der Waals surface area contributed by atoms with Gasteiger partial charge in [-0.15, -0.1) is 11.3 Å². The molecule has 1 atom stereocenters. The molecule has 0 unspecified atom stereocenters. The van der Waals surface area contributed by atoms with Crippen molar-refractivity contribution in [2.45, 2.75) is 20.0 Å². The van der Waals surface area contributed by atoms with Crippen LogP contribution in [0.2, 0.25) is 0 Å². The van der Waals surface area contributed by atoms with Crippen molar-refractivity contribution in [2.24, 2.45) is 5.92 Å². The lowest BCUT2D eigenvalue weighted by Crippen LogP contribution is -2.53. The SMILES string of the molecule is CC(C)[C@H]1Nc2ccccc2C(=O)N1CC(=O)Nc1nc(-c2ccncc2)cs1. The summed E-state index contributed by atoms with van der Waals surface area (Å²) in [5.41, 5.74) is 3.09. The summed E-state index contributed by atoms with van der Waals surface area (Å²) in [7, 11) is 0. The molecule has 0 saturated carbocycles. The number of pyridine rings is 1. The lowest BCUT2D eigenvalue weighted by Gasteiger charge is -2.39. The number of nitrogens with zero attached hydrogens (tertiary/aromatic N) is 3. The first-order valence-corrected chi connectivity index (χ1v) is 10.2. The van der Waals surface area contributed by atoms with Gasteiger partial charge in [0.25, 0.3) is 5.91 Å². The summed E-state index contributed by atoms with van der Waals surface area (Å²) in [5.74, 6) is -0.288. The summed E-state index contributed by atoms with van der Waals surface area (Å²) in [5, 5.41) is 8.57. The normalized spacial score (nSPS) is 15.8. The number of hydrogen-bond acceptors (Lipinski definition) is 6. The maximum atomic E-state index is 13.0. The fraction of sp³-hybridized carbons (Fsp3) is 0.238. The summed E-state index contributed by atoms with van der Waals surface area (Å²) in [6, 6.07) is 11.1. The van der Waals surface area contributed by atoms with Crippen LogP contribution in [0.1, 0.15) is 24.2 Å². The van der Waals surface area contributed by atoms with E-state index in [0.717, 1.165) is 16.9 Å². The van der Waals surface area contributed by atoms with Gasteiger partial charge in [0.15, 0.2) is 5.13 Å². The number of benzene rings is 1. The highest BCUT2D eigenvalue weighted by molar-refractivity contribution is 7.14. The van der Waals surface area contributed by atoms with Crippen LogP contribution in [0.5, 0.6) is 0 Å². The number of carbonyl (C=O) groups is 2. The Morgan fingerprint density at radius 3 is 2.76 bits per heavy atom. The zero-order chi connectivity index (χ0) is 20.4. The van der Waals surface area contributed by atoms with Crippen molar-refractivity contribution < 1.29 is 9.59 Å². The van der Waals surface area contributed by atoms with Gasteiger partial charge < -0.3 is 15.5 Å². The highest BCUT2D eigenvalue weighted by Gasteiger charge is 2.34. The van der Waals surface area contributed by atoms with Crippen LogP contribution in [-0.4, -0.2) is 39.4 Å². The molecule has 2 amide bonds. The summed E-state index contributed by atoms with van der Waals surface area (Å²) in [6.45, 7) is 3.99. The standard InChI is InChI=1S/C21H21N5O2S/c1-13(2)19-23-16-6-4-3-5-15(16)20(28)26(19)11-18(27)25-21-24-17(12-29-21)14-7-9-22-10-8-14/h3-10,12-13,19,23H,11H2,1-2H3,(H,24,25,27)/t19-/m0/s1. The fourth-order valence-electron chi connectivity index (χ4n) is 3.31. The first kappa shape index (κ1) is 19.1. The Balaban J connectivity index is 1.49. The molecular weight excluding hydrogens is 386 g/mol. The van der Waals surface area contributed by atoms with Crippen LogP contribution in [0.4, 0.5) is 10.8 Å². The Labute approximate surface area is 172 Å². The Morgan fingerprint density at radius 2 is 2.00 bits per heavy atom. The van der Waals surface area contributed by atoms with Crippen LogP contribution < -0.4 is 10.6 Å². The summed E-state index contributed by atoms with van der Waals surface area (Å²) in [6.07, 6.45) is 3.14. The first-order chi connectivity index (χ1) is 14.0. The van der Waals surface area contributed by atoms with Gasteiger partial charge in [0.2, 0.25) is 5.91 Å². The number of rotatable bonds is 5. The molecule has 0 radical (unpaired) electrons. The van der Waals surface area contributed by atoms with E-state index in [1.807, 2.05) is 49.6 Å². The molecule has 3 heterocycles. The Morgan fingerprint density at radius 1 is 1.24 bits per heavy atom. The lowest BCUT2D eigenvalue weighted by molar-refractivity contribution is -0.117. The largest absolute Gasteiger partial charge is 0.364 e. The number of anilines is 2. The quantitative estimate of drug-likeness (QED) is 0.673. The highest BCUT2D eigenvalue weighted by atomic mass is 32.1. The van der Waals surface area contributed by atoms with Crippen molar-refractivity contribution >= 4 is 34.0 Å². The minimum Gasteiger partial charge on any atom is -0.364 e. The van der Waals surface area contributed by atoms with Crippen molar-refractivity contribution in [1.29, 1.82) is 0 Å². The summed E-state index contributed by atoms with van der Waals surface area (Å²) >= 11 is 1.35. The van der Waals surface area contributed by atoms with Crippen LogP contribution in [0.15, 0.2) is 54.2 Å². The molecule has 2 N–H and O–H groups in total. The van der Waals surface area contributed by atoms with Crippen molar-refractivity contribution in [3.8, 4) is 11.3 Å². The fourth-order valence-corrected chi connectivity index (χ4v) is 4.05. The van der Waals surface area contributed by atoms with Crippen LogP contribution in [0.25, 0.3) is 11.3 Å². The average Bonchev–Trinajstić information content (AvgIpc) is 3.19. The number of nitrogens with one attached hydrogen (secondary N) is 2. The van der Waals surface area contributed by atoms with Crippen LogP contribution >= 0.6 is 11.3 Å². The molecule has 0 spiro atoms. The van der Waals surface area contributed by atoms with Crippen LogP contribution in [0.3, 0.4) is 0 Å². The third kappa shape index (κ3) is 3.97. The predicted molar refractivity (Wildman–Crippen MR) is 114 cm³/mol. The topological polar surface area (TPSA) is 87.2 Å². The minimum atomic E-state index is -0.277. The van der Waals surface area contributed by atoms with E-state index in [0.29, 0.717) is 10.7 Å². The van der Waals surface area contributed by atoms with E-state index in [1.165, 1.54) is 11.3 Å². The molecule has 1 aliphatic rings. The Kier molecular flexibility index (Phi) is 5.26. The van der Waals surface area contributed by atoms with Gasteiger partial charge >= 0.3 is 0 Å². The molecule has 2 aromatic heterocycles. The molecule has 0 aliphatic carbocycles. The number of para-hydroxylation sites is 1. The van der Waals surface area contributed by atoms with E-state index in [1.54, 1.807) is 23.4 Å². The summed E-state index contributed by atoms with van der Waals surface area (Å²) in [4.78, 5) is 35.7. The molecule has 0 bridgehead atoms. The van der Waals surface area contributed by atoms with E-state index in [-0.39, 0.29) is 30.4 Å². The van der Waals surface area contributed by atoms with E-state index < -0.39 is 0 Å². The molecule has 0 fully saturated rings. The van der Waals surface area contributed by atoms with E-state index in [4.69, 9.17) is 0 Å². The molecule has 8 heteroatoms. The number of amides is 2. The molecule has 1 aliphatic heterocycles. The van der Waals surface area contributed by atoms with E-state index >= 15 is 0 Å². The van der Waals surface area contributed by atoms with Crippen LogP contribution in [0, 0.1) is 5.92 Å². The second-order valence-electron chi connectivity index (χ2n) is 7.13. The number of fused-ring (bicyclic) bond motifs is 1. The maximum Gasteiger partial charge on any atom is 0.258 e. The Hall–Kier alpha value is -3.26. The smallest absolute Gasteiger partial charge is 0.258 e. The number of carbonyl (C=O) groups excluding carboxylic acids is 2. The average molecular weight is 407 g/mol. The number of aromatic nitrogens is 2. The van der Waals surface area contributed by atoms with Gasteiger partial charge in [-0.2, -0.15) is 0 Å². The number of thiazole rings is 1. The molecular formula is C21H21N5O2S. The van der Waals surface area contributed by atoms with Crippen molar-refractivity contribution in [1.82, 2.24) is 14.9 Å². The molecule has 7 nitrogen and oxygen atoms in total. The van der Waals surface area contributed by atoms with Gasteiger partial charge in [0, 0.05) is 29.0 Å². The van der Waals surface area contributed by atoms with Gasteiger partial charge in [0.1, 0.15) is 12.7 Å². The zero-order valence-corrected chi connectivity index (χ0v) is 16.9. The molecule has 3 aromatic rings. The van der Waals surface area contributed by atoms with Gasteiger partial charge in [-0.1, -0.05) is 26.0 Å². The molecule has 4 rings (SSSR count). The second kappa shape index (κ2) is 8.00. The van der Waals surface area contributed by atoms with E-state index in [9.17, 15) is 9.59 Å². The molecule has 148 valence electrons.